The molecule has 0 aromatic carbocycles. The largest absolute Gasteiger partial charge is 0.393 e. The summed E-state index contributed by atoms with van der Waals surface area (Å²) in [5.41, 5.74) is 0.123. The molecule has 2 heteroatoms. The van der Waals surface area contributed by atoms with Crippen molar-refractivity contribution in [2.75, 3.05) is 0 Å². The first-order chi connectivity index (χ1) is 6.54. The van der Waals surface area contributed by atoms with E-state index in [1.54, 1.807) is 6.92 Å². The minimum absolute atomic E-state index is 0.123. The highest BCUT2D eigenvalue weighted by Crippen LogP contribution is 2.43. The van der Waals surface area contributed by atoms with Gasteiger partial charge in [0, 0.05) is 6.42 Å². The molecular formula is C12H22O2. The highest BCUT2D eigenvalue weighted by atomic mass is 16.3. The summed E-state index contributed by atoms with van der Waals surface area (Å²) in [6.45, 7) is 3.49. The van der Waals surface area contributed by atoms with Crippen molar-refractivity contribution in [2.45, 2.75) is 64.9 Å². The van der Waals surface area contributed by atoms with Crippen molar-refractivity contribution < 1.29 is 9.90 Å². The zero-order valence-corrected chi connectivity index (χ0v) is 9.38. The Balaban J connectivity index is 2.61. The molecule has 1 unspecified atom stereocenters. The summed E-state index contributed by atoms with van der Waals surface area (Å²) in [6.07, 6.45) is 7.17. The first kappa shape index (κ1) is 11.7. The number of aliphatic hydroxyl groups is 1. The van der Waals surface area contributed by atoms with Crippen LogP contribution in [0.5, 0.6) is 0 Å². The maximum Gasteiger partial charge on any atom is 0.130 e. The quantitative estimate of drug-likeness (QED) is 0.754. The summed E-state index contributed by atoms with van der Waals surface area (Å²) in [4.78, 5) is 11.2. The first-order valence-corrected chi connectivity index (χ1v) is 5.72. The Bertz CT molecular complexity index is 190. The third kappa shape index (κ3) is 3.41. The first-order valence-electron chi connectivity index (χ1n) is 5.72. The Hall–Kier alpha value is -0.370. The van der Waals surface area contributed by atoms with Crippen molar-refractivity contribution >= 4 is 5.78 Å². The topological polar surface area (TPSA) is 37.3 Å². The summed E-state index contributed by atoms with van der Waals surface area (Å²) in [6, 6.07) is 0. The second-order valence-electron chi connectivity index (χ2n) is 4.99. The number of aliphatic hydroxyl groups excluding tert-OH is 1. The molecule has 1 fully saturated rings. The van der Waals surface area contributed by atoms with E-state index in [4.69, 9.17) is 0 Å². The molecule has 14 heavy (non-hydrogen) atoms. The number of carbonyl (C=O) groups is 1. The summed E-state index contributed by atoms with van der Waals surface area (Å²) in [5, 5.41) is 9.47. The zero-order valence-electron chi connectivity index (χ0n) is 9.38. The van der Waals surface area contributed by atoms with E-state index in [-0.39, 0.29) is 17.3 Å². The fourth-order valence-electron chi connectivity index (χ4n) is 2.91. The minimum Gasteiger partial charge on any atom is -0.393 e. The van der Waals surface area contributed by atoms with Gasteiger partial charge in [-0.05, 0) is 38.5 Å². The average molecular weight is 198 g/mol. The zero-order chi connectivity index (χ0) is 10.6. The molecule has 1 saturated carbocycles. The maximum absolute atomic E-state index is 11.2. The molecule has 2 nitrogen and oxygen atoms in total. The van der Waals surface area contributed by atoms with Crippen molar-refractivity contribution in [1.82, 2.24) is 0 Å². The lowest BCUT2D eigenvalue weighted by atomic mass is 9.68. The van der Waals surface area contributed by atoms with Crippen molar-refractivity contribution in [3.63, 3.8) is 0 Å². The third-order valence-corrected chi connectivity index (χ3v) is 3.27. The molecular weight excluding hydrogens is 176 g/mol. The van der Waals surface area contributed by atoms with Gasteiger partial charge in [-0.2, -0.15) is 0 Å². The molecule has 0 radical (unpaired) electrons. The van der Waals surface area contributed by atoms with Gasteiger partial charge in [0.1, 0.15) is 5.78 Å². The summed E-state index contributed by atoms with van der Waals surface area (Å²) < 4.78 is 0. The van der Waals surface area contributed by atoms with Crippen LogP contribution < -0.4 is 0 Å². The van der Waals surface area contributed by atoms with Gasteiger partial charge in [0.25, 0.3) is 0 Å². The number of hydrogen-bond donors (Lipinski definition) is 1. The Morgan fingerprint density at radius 3 is 2.36 bits per heavy atom. The Labute approximate surface area is 86.7 Å². The molecule has 1 N–H and O–H groups in total. The number of ketones is 1. The smallest absolute Gasteiger partial charge is 0.130 e. The molecule has 0 bridgehead atoms. The number of rotatable bonds is 4. The molecule has 0 heterocycles. The molecule has 82 valence electrons. The molecule has 1 aliphatic rings. The van der Waals surface area contributed by atoms with E-state index in [2.05, 4.69) is 0 Å². The highest BCUT2D eigenvalue weighted by Gasteiger charge is 2.34. The lowest BCUT2D eigenvalue weighted by Gasteiger charge is -2.37. The number of carbonyl (C=O) groups excluding carboxylic acids is 1. The Kier molecular flexibility index (Phi) is 4.11. The minimum atomic E-state index is -0.271. The molecule has 0 amide bonds. The van der Waals surface area contributed by atoms with Crippen molar-refractivity contribution in [3.05, 3.63) is 0 Å². The normalized spacial score (nSPS) is 23.1. The van der Waals surface area contributed by atoms with Gasteiger partial charge in [0.05, 0.1) is 6.10 Å². The van der Waals surface area contributed by atoms with E-state index < -0.39 is 0 Å². The predicted molar refractivity (Wildman–Crippen MR) is 57.1 cm³/mol. The van der Waals surface area contributed by atoms with Crippen LogP contribution in [0.15, 0.2) is 0 Å². The van der Waals surface area contributed by atoms with Crippen molar-refractivity contribution in [2.24, 2.45) is 5.41 Å². The summed E-state index contributed by atoms with van der Waals surface area (Å²) in [7, 11) is 0. The van der Waals surface area contributed by atoms with Gasteiger partial charge < -0.3 is 9.90 Å². The lowest BCUT2D eigenvalue weighted by molar-refractivity contribution is -0.120. The highest BCUT2D eigenvalue weighted by molar-refractivity contribution is 5.76. The lowest BCUT2D eigenvalue weighted by Crippen LogP contribution is -2.30. The van der Waals surface area contributed by atoms with Crippen LogP contribution in [-0.2, 0) is 4.79 Å². The van der Waals surface area contributed by atoms with Crippen LogP contribution in [0.2, 0.25) is 0 Å². The Morgan fingerprint density at radius 2 is 1.93 bits per heavy atom. The van der Waals surface area contributed by atoms with Crippen LogP contribution in [0.3, 0.4) is 0 Å². The van der Waals surface area contributed by atoms with Gasteiger partial charge in [-0.25, -0.2) is 0 Å². The van der Waals surface area contributed by atoms with E-state index in [0.717, 1.165) is 19.3 Å². The van der Waals surface area contributed by atoms with Gasteiger partial charge >= 0.3 is 0 Å². The molecule has 0 saturated heterocycles. The average Bonchev–Trinajstić information content (AvgIpc) is 2.01. The molecule has 1 atom stereocenters. The Morgan fingerprint density at radius 1 is 1.36 bits per heavy atom. The summed E-state index contributed by atoms with van der Waals surface area (Å²) in [5.74, 6) is 0.271. The van der Waals surface area contributed by atoms with E-state index >= 15 is 0 Å². The standard InChI is InChI=1S/C12H22O2/c1-10(13)8-12(9-11(2)14)6-4-3-5-7-12/h10,13H,3-9H2,1-2H3. The van der Waals surface area contributed by atoms with Crippen LogP contribution >= 0.6 is 0 Å². The summed E-state index contributed by atoms with van der Waals surface area (Å²) >= 11 is 0. The van der Waals surface area contributed by atoms with Crippen LogP contribution in [0, 0.1) is 5.41 Å². The van der Waals surface area contributed by atoms with Crippen LogP contribution in [0.1, 0.15) is 58.8 Å². The maximum atomic E-state index is 11.2. The van der Waals surface area contributed by atoms with Gasteiger partial charge in [-0.1, -0.05) is 19.3 Å². The van der Waals surface area contributed by atoms with E-state index in [0.29, 0.717) is 6.42 Å². The molecule has 0 aliphatic heterocycles. The van der Waals surface area contributed by atoms with Gasteiger partial charge in [0.15, 0.2) is 0 Å². The second-order valence-corrected chi connectivity index (χ2v) is 4.99. The molecule has 1 aliphatic carbocycles. The number of hydrogen-bond acceptors (Lipinski definition) is 2. The van der Waals surface area contributed by atoms with Gasteiger partial charge in [-0.15, -0.1) is 0 Å². The van der Waals surface area contributed by atoms with Crippen LogP contribution in [-0.4, -0.2) is 17.0 Å². The molecule has 0 spiro atoms. The fourth-order valence-corrected chi connectivity index (χ4v) is 2.91. The number of Topliss-reactive ketones (excluding diaryl/α,β-unsaturated/α-hetero) is 1. The van der Waals surface area contributed by atoms with Crippen molar-refractivity contribution in [3.8, 4) is 0 Å². The molecule has 1 rings (SSSR count). The van der Waals surface area contributed by atoms with E-state index in [9.17, 15) is 9.90 Å². The van der Waals surface area contributed by atoms with Gasteiger partial charge in [0.2, 0.25) is 0 Å². The molecule has 0 aromatic rings. The van der Waals surface area contributed by atoms with E-state index in [1.807, 2.05) is 6.92 Å². The van der Waals surface area contributed by atoms with Crippen LogP contribution in [0.4, 0.5) is 0 Å². The fraction of sp³-hybridized carbons (Fsp3) is 0.917. The predicted octanol–water partition coefficient (Wildman–Crippen LogP) is 2.69. The van der Waals surface area contributed by atoms with E-state index in [1.165, 1.54) is 19.3 Å². The monoisotopic (exact) mass is 198 g/mol. The van der Waals surface area contributed by atoms with Crippen LogP contribution in [0.25, 0.3) is 0 Å². The second kappa shape index (κ2) is 4.92. The third-order valence-electron chi connectivity index (χ3n) is 3.27. The molecule has 0 aromatic heterocycles. The van der Waals surface area contributed by atoms with Gasteiger partial charge in [-0.3, -0.25) is 0 Å². The van der Waals surface area contributed by atoms with Crippen molar-refractivity contribution in [1.29, 1.82) is 0 Å². The SMILES string of the molecule is CC(=O)CC1(CC(C)O)CCCCC1.